The Balaban J connectivity index is 1.17. The van der Waals surface area contributed by atoms with Gasteiger partial charge in [-0.25, -0.2) is 4.98 Å². The standard InChI is InChI=1S/C20H20Cl2N4O/c1-25-18-4-5-23-7-17(18)24-20(25)10-26-8-13-14(9-26)15(13)11-27-19-6-12(21)2-3-16(19)22/h2-7,13-15H,8-11H2,1H3/t13-,14+,15?. The van der Waals surface area contributed by atoms with Gasteiger partial charge in [0.05, 0.1) is 29.9 Å². The molecule has 7 heteroatoms. The molecular formula is C20H20Cl2N4O. The summed E-state index contributed by atoms with van der Waals surface area (Å²) in [7, 11) is 2.08. The Bertz CT molecular complexity index is 993. The minimum absolute atomic E-state index is 0.612. The lowest BCUT2D eigenvalue weighted by Gasteiger charge is -2.19. The molecule has 1 aliphatic carbocycles. The molecule has 0 N–H and O–H groups in total. The van der Waals surface area contributed by atoms with E-state index in [-0.39, 0.29) is 0 Å². The lowest BCUT2D eigenvalue weighted by molar-refractivity contribution is 0.226. The maximum absolute atomic E-state index is 6.18. The molecule has 1 aliphatic heterocycles. The third-order valence-corrected chi connectivity index (χ3v) is 6.46. The number of hydrogen-bond acceptors (Lipinski definition) is 4. The van der Waals surface area contributed by atoms with Gasteiger partial charge < -0.3 is 9.30 Å². The van der Waals surface area contributed by atoms with E-state index in [0.717, 1.165) is 36.5 Å². The summed E-state index contributed by atoms with van der Waals surface area (Å²) in [5.41, 5.74) is 2.10. The topological polar surface area (TPSA) is 43.2 Å². The average molecular weight is 403 g/mol. The van der Waals surface area contributed by atoms with Crippen molar-refractivity contribution in [2.24, 2.45) is 24.8 Å². The highest BCUT2D eigenvalue weighted by Crippen LogP contribution is 2.52. The van der Waals surface area contributed by atoms with E-state index >= 15 is 0 Å². The molecule has 3 heterocycles. The van der Waals surface area contributed by atoms with Crippen LogP contribution in [0.4, 0.5) is 0 Å². The van der Waals surface area contributed by atoms with Crippen molar-refractivity contribution >= 4 is 34.2 Å². The summed E-state index contributed by atoms with van der Waals surface area (Å²) in [4.78, 5) is 11.4. The predicted molar refractivity (Wildman–Crippen MR) is 106 cm³/mol. The van der Waals surface area contributed by atoms with Crippen LogP contribution in [0.1, 0.15) is 5.82 Å². The van der Waals surface area contributed by atoms with Crippen LogP contribution in [-0.4, -0.2) is 39.1 Å². The Morgan fingerprint density at radius 3 is 2.78 bits per heavy atom. The number of rotatable bonds is 5. The number of halogens is 2. The van der Waals surface area contributed by atoms with Crippen molar-refractivity contribution in [1.29, 1.82) is 0 Å². The molecule has 2 aliphatic rings. The molecule has 0 spiro atoms. The maximum Gasteiger partial charge on any atom is 0.139 e. The minimum Gasteiger partial charge on any atom is -0.492 e. The monoisotopic (exact) mass is 402 g/mol. The third kappa shape index (κ3) is 3.18. The molecule has 3 aromatic rings. The summed E-state index contributed by atoms with van der Waals surface area (Å²) in [6.07, 6.45) is 3.64. The Kier molecular flexibility index (Phi) is 4.26. The van der Waals surface area contributed by atoms with Gasteiger partial charge >= 0.3 is 0 Å². The van der Waals surface area contributed by atoms with Gasteiger partial charge in [0.1, 0.15) is 17.1 Å². The number of piperidine rings is 1. The second kappa shape index (κ2) is 6.66. The fourth-order valence-electron chi connectivity index (χ4n) is 4.33. The molecule has 0 amide bonds. The Morgan fingerprint density at radius 2 is 2.00 bits per heavy atom. The zero-order valence-corrected chi connectivity index (χ0v) is 16.5. The van der Waals surface area contributed by atoms with E-state index in [1.807, 2.05) is 18.5 Å². The van der Waals surface area contributed by atoms with E-state index in [9.17, 15) is 0 Å². The highest BCUT2D eigenvalue weighted by Gasteiger charge is 2.55. The van der Waals surface area contributed by atoms with E-state index in [2.05, 4.69) is 21.5 Å². The van der Waals surface area contributed by atoms with Crippen molar-refractivity contribution in [2.75, 3.05) is 19.7 Å². The molecule has 2 fully saturated rings. The maximum atomic E-state index is 6.18. The van der Waals surface area contributed by atoms with Crippen molar-refractivity contribution < 1.29 is 4.74 Å². The molecule has 27 heavy (non-hydrogen) atoms. The van der Waals surface area contributed by atoms with Gasteiger partial charge in [0.25, 0.3) is 0 Å². The second-order valence-electron chi connectivity index (χ2n) is 7.52. The summed E-state index contributed by atoms with van der Waals surface area (Å²) in [5, 5.41) is 1.26. The number of likely N-dealkylation sites (tertiary alicyclic amines) is 1. The number of pyridine rings is 1. The molecule has 140 valence electrons. The Hall–Kier alpha value is -1.82. The first kappa shape index (κ1) is 17.3. The third-order valence-electron chi connectivity index (χ3n) is 5.91. The van der Waals surface area contributed by atoms with Crippen LogP contribution in [0.25, 0.3) is 11.0 Å². The second-order valence-corrected chi connectivity index (χ2v) is 8.37. The first-order chi connectivity index (χ1) is 13.1. The lowest BCUT2D eigenvalue weighted by atomic mass is 10.2. The van der Waals surface area contributed by atoms with Crippen LogP contribution in [0.3, 0.4) is 0 Å². The number of aryl methyl sites for hydroxylation is 1. The van der Waals surface area contributed by atoms with Gasteiger partial charge in [0.2, 0.25) is 0 Å². The minimum atomic E-state index is 0.612. The molecule has 1 unspecified atom stereocenters. The molecule has 3 atom stereocenters. The van der Waals surface area contributed by atoms with Crippen LogP contribution in [0.5, 0.6) is 5.75 Å². The summed E-state index contributed by atoms with van der Waals surface area (Å²) in [5.74, 6) is 3.80. The predicted octanol–water partition coefficient (Wildman–Crippen LogP) is 4.03. The van der Waals surface area contributed by atoms with Crippen LogP contribution < -0.4 is 4.74 Å². The Labute approximate surface area is 167 Å². The van der Waals surface area contributed by atoms with Crippen molar-refractivity contribution in [2.45, 2.75) is 6.54 Å². The number of ether oxygens (including phenoxy) is 1. The molecule has 1 saturated carbocycles. The van der Waals surface area contributed by atoms with Gasteiger partial charge in [0, 0.05) is 43.3 Å². The Morgan fingerprint density at radius 1 is 1.19 bits per heavy atom. The number of nitrogens with zero attached hydrogens (tertiary/aromatic N) is 4. The molecule has 0 radical (unpaired) electrons. The number of hydrogen-bond donors (Lipinski definition) is 0. The van der Waals surface area contributed by atoms with E-state index in [0.29, 0.717) is 40.2 Å². The van der Waals surface area contributed by atoms with Crippen molar-refractivity contribution in [1.82, 2.24) is 19.4 Å². The molecule has 1 aromatic carbocycles. The van der Waals surface area contributed by atoms with Crippen molar-refractivity contribution in [3.05, 3.63) is 52.5 Å². The van der Waals surface area contributed by atoms with E-state index in [1.165, 1.54) is 0 Å². The van der Waals surface area contributed by atoms with Crippen LogP contribution >= 0.6 is 23.2 Å². The molecule has 1 saturated heterocycles. The normalized spacial score (nSPS) is 24.3. The molecule has 5 nitrogen and oxygen atoms in total. The van der Waals surface area contributed by atoms with Crippen molar-refractivity contribution in [3.8, 4) is 5.75 Å². The largest absolute Gasteiger partial charge is 0.492 e. The zero-order valence-electron chi connectivity index (χ0n) is 15.0. The van der Waals surface area contributed by atoms with Gasteiger partial charge in [-0.3, -0.25) is 9.88 Å². The quantitative estimate of drug-likeness (QED) is 0.645. The van der Waals surface area contributed by atoms with E-state index in [4.69, 9.17) is 32.9 Å². The fraction of sp³-hybridized carbons (Fsp3) is 0.400. The zero-order chi connectivity index (χ0) is 18.5. The van der Waals surface area contributed by atoms with Gasteiger partial charge in [-0.05, 0) is 30.0 Å². The fourth-order valence-corrected chi connectivity index (χ4v) is 4.66. The number of aromatic nitrogens is 3. The van der Waals surface area contributed by atoms with Crippen LogP contribution in [0.15, 0.2) is 36.7 Å². The molecule has 5 rings (SSSR count). The number of benzene rings is 1. The summed E-state index contributed by atoms with van der Waals surface area (Å²) in [6, 6.07) is 7.36. The van der Waals surface area contributed by atoms with Crippen LogP contribution in [-0.2, 0) is 13.6 Å². The van der Waals surface area contributed by atoms with Gasteiger partial charge in [0.15, 0.2) is 0 Å². The van der Waals surface area contributed by atoms with E-state index < -0.39 is 0 Å². The lowest BCUT2D eigenvalue weighted by Crippen LogP contribution is -2.26. The molecule has 2 aromatic heterocycles. The highest BCUT2D eigenvalue weighted by atomic mass is 35.5. The van der Waals surface area contributed by atoms with E-state index in [1.54, 1.807) is 18.2 Å². The van der Waals surface area contributed by atoms with Gasteiger partial charge in [-0.1, -0.05) is 23.2 Å². The summed E-state index contributed by atoms with van der Waals surface area (Å²) in [6.45, 7) is 3.79. The first-order valence-corrected chi connectivity index (χ1v) is 9.91. The summed E-state index contributed by atoms with van der Waals surface area (Å²) < 4.78 is 8.10. The van der Waals surface area contributed by atoms with Gasteiger partial charge in [-0.15, -0.1) is 0 Å². The number of imidazole rings is 1. The van der Waals surface area contributed by atoms with Crippen molar-refractivity contribution in [3.63, 3.8) is 0 Å². The number of fused-ring (bicyclic) bond motifs is 2. The van der Waals surface area contributed by atoms with Crippen LogP contribution in [0.2, 0.25) is 10.0 Å². The smallest absolute Gasteiger partial charge is 0.139 e. The molecule has 0 bridgehead atoms. The summed E-state index contributed by atoms with van der Waals surface area (Å²) >= 11 is 12.2. The first-order valence-electron chi connectivity index (χ1n) is 9.15. The van der Waals surface area contributed by atoms with Crippen LogP contribution in [0, 0.1) is 17.8 Å². The average Bonchev–Trinajstić information content (AvgIpc) is 2.98. The molecular weight excluding hydrogens is 383 g/mol. The highest BCUT2D eigenvalue weighted by molar-refractivity contribution is 6.34. The SMILES string of the molecule is Cn1c(CN2C[C@@H]3C(COc4cc(Cl)ccc4Cl)[C@@H]3C2)nc2cnccc21. The van der Waals surface area contributed by atoms with Gasteiger partial charge in [-0.2, -0.15) is 0 Å².